The summed E-state index contributed by atoms with van der Waals surface area (Å²) in [4.78, 5) is 21.5. The number of anilines is 1. The van der Waals surface area contributed by atoms with Gasteiger partial charge in [0.1, 0.15) is 0 Å². The minimum Gasteiger partial charge on any atom is -0.339 e. The number of benzene rings is 1. The Kier molecular flexibility index (Phi) is 4.01. The molecule has 1 saturated carbocycles. The van der Waals surface area contributed by atoms with Crippen molar-refractivity contribution in [2.75, 3.05) is 5.32 Å². The second kappa shape index (κ2) is 6.68. The molecule has 1 aromatic carbocycles. The number of carbonyl (C=O) groups is 1. The normalized spacial score (nSPS) is 13.6. The summed E-state index contributed by atoms with van der Waals surface area (Å²) in [6, 6.07) is 7.17. The van der Waals surface area contributed by atoms with Crippen molar-refractivity contribution in [3.05, 3.63) is 53.5 Å². The molecular formula is C19H16N6O2S. The standard InChI is InChI=1S/C19H16N6O2S/c1-25-9-14(8-20-25)15-10-28-19(21-15)23-17(26)13-4-2-3-12(7-13)16-22-18(27-24-16)11-5-6-11/h2-4,7-11H,5-6H2,1H3,(H,21,23,26). The van der Waals surface area contributed by atoms with Crippen molar-refractivity contribution < 1.29 is 9.32 Å². The van der Waals surface area contributed by atoms with E-state index in [2.05, 4.69) is 25.5 Å². The van der Waals surface area contributed by atoms with Crippen LogP contribution in [0.3, 0.4) is 0 Å². The summed E-state index contributed by atoms with van der Waals surface area (Å²) in [6.07, 6.45) is 5.81. The molecule has 0 spiro atoms. The van der Waals surface area contributed by atoms with Gasteiger partial charge in [0.25, 0.3) is 5.91 Å². The molecule has 8 nitrogen and oxygen atoms in total. The van der Waals surface area contributed by atoms with Gasteiger partial charge in [0, 0.05) is 41.2 Å². The first-order valence-corrected chi connectivity index (χ1v) is 9.73. The Bertz CT molecular complexity index is 1160. The lowest BCUT2D eigenvalue weighted by Gasteiger charge is -2.03. The molecule has 5 rings (SSSR count). The van der Waals surface area contributed by atoms with Crippen LogP contribution in [0, 0.1) is 0 Å². The lowest BCUT2D eigenvalue weighted by Crippen LogP contribution is -2.11. The third-order valence-corrected chi connectivity index (χ3v) is 5.23. The zero-order valence-electron chi connectivity index (χ0n) is 15.0. The molecule has 1 fully saturated rings. The molecule has 1 aliphatic rings. The van der Waals surface area contributed by atoms with Gasteiger partial charge in [0.15, 0.2) is 5.13 Å². The SMILES string of the molecule is Cn1cc(-c2csc(NC(=O)c3cccc(-c4noc(C5CC5)n4)c3)n2)cn1. The number of aryl methyl sites for hydroxylation is 1. The van der Waals surface area contributed by atoms with Gasteiger partial charge >= 0.3 is 0 Å². The molecular weight excluding hydrogens is 376 g/mol. The molecule has 140 valence electrons. The van der Waals surface area contributed by atoms with E-state index in [1.54, 1.807) is 29.1 Å². The van der Waals surface area contributed by atoms with E-state index < -0.39 is 0 Å². The molecule has 4 aromatic rings. The first-order chi connectivity index (χ1) is 13.7. The molecule has 0 aliphatic heterocycles. The van der Waals surface area contributed by atoms with Crippen LogP contribution in [0.25, 0.3) is 22.6 Å². The molecule has 3 aromatic heterocycles. The first kappa shape index (κ1) is 16.8. The summed E-state index contributed by atoms with van der Waals surface area (Å²) in [5, 5.41) is 13.4. The highest BCUT2D eigenvalue weighted by molar-refractivity contribution is 7.14. The van der Waals surface area contributed by atoms with Gasteiger partial charge in [-0.3, -0.25) is 14.8 Å². The molecule has 1 amide bonds. The second-order valence-corrected chi connectivity index (χ2v) is 7.56. The average molecular weight is 392 g/mol. The van der Waals surface area contributed by atoms with Crippen LogP contribution in [0.1, 0.15) is 35.0 Å². The van der Waals surface area contributed by atoms with Crippen molar-refractivity contribution in [2.24, 2.45) is 7.05 Å². The highest BCUT2D eigenvalue weighted by atomic mass is 32.1. The average Bonchev–Trinajstić information content (AvgIpc) is 3.10. The van der Waals surface area contributed by atoms with E-state index in [-0.39, 0.29) is 5.91 Å². The van der Waals surface area contributed by atoms with Crippen molar-refractivity contribution in [2.45, 2.75) is 18.8 Å². The Morgan fingerprint density at radius 3 is 2.96 bits per heavy atom. The van der Waals surface area contributed by atoms with Crippen molar-refractivity contribution in [1.82, 2.24) is 24.9 Å². The number of thiazole rings is 1. The molecule has 3 heterocycles. The number of amides is 1. The van der Waals surface area contributed by atoms with Crippen LogP contribution < -0.4 is 5.32 Å². The Morgan fingerprint density at radius 2 is 2.18 bits per heavy atom. The summed E-state index contributed by atoms with van der Waals surface area (Å²) in [6.45, 7) is 0. The van der Waals surface area contributed by atoms with Crippen molar-refractivity contribution >= 4 is 22.4 Å². The van der Waals surface area contributed by atoms with Crippen LogP contribution in [0.4, 0.5) is 5.13 Å². The van der Waals surface area contributed by atoms with Crippen LogP contribution >= 0.6 is 11.3 Å². The molecule has 1 N–H and O–H groups in total. The fraction of sp³-hybridized carbons (Fsp3) is 0.211. The number of hydrogen-bond donors (Lipinski definition) is 1. The van der Waals surface area contributed by atoms with Gasteiger partial charge in [-0.2, -0.15) is 10.1 Å². The highest BCUT2D eigenvalue weighted by Crippen LogP contribution is 2.39. The van der Waals surface area contributed by atoms with E-state index in [9.17, 15) is 4.79 Å². The van der Waals surface area contributed by atoms with E-state index in [4.69, 9.17) is 4.52 Å². The number of aromatic nitrogens is 5. The van der Waals surface area contributed by atoms with E-state index >= 15 is 0 Å². The maximum atomic E-state index is 12.6. The topological polar surface area (TPSA) is 98.7 Å². The Labute approximate surface area is 164 Å². The largest absolute Gasteiger partial charge is 0.339 e. The van der Waals surface area contributed by atoms with Crippen LogP contribution in [0.2, 0.25) is 0 Å². The van der Waals surface area contributed by atoms with E-state index in [1.165, 1.54) is 11.3 Å². The lowest BCUT2D eigenvalue weighted by molar-refractivity contribution is 0.102. The number of rotatable bonds is 5. The minimum absolute atomic E-state index is 0.236. The lowest BCUT2D eigenvalue weighted by atomic mass is 10.1. The number of nitrogens with one attached hydrogen (secondary N) is 1. The fourth-order valence-corrected chi connectivity index (χ4v) is 3.55. The maximum Gasteiger partial charge on any atom is 0.257 e. The summed E-state index contributed by atoms with van der Waals surface area (Å²) >= 11 is 1.37. The van der Waals surface area contributed by atoms with Crippen LogP contribution in [-0.2, 0) is 7.05 Å². The molecule has 28 heavy (non-hydrogen) atoms. The second-order valence-electron chi connectivity index (χ2n) is 6.71. The fourth-order valence-electron chi connectivity index (χ4n) is 2.83. The zero-order valence-corrected chi connectivity index (χ0v) is 15.8. The van der Waals surface area contributed by atoms with Gasteiger partial charge in [-0.15, -0.1) is 11.3 Å². The monoisotopic (exact) mass is 392 g/mol. The van der Waals surface area contributed by atoms with Gasteiger partial charge < -0.3 is 4.52 Å². The van der Waals surface area contributed by atoms with E-state index in [0.29, 0.717) is 28.3 Å². The number of hydrogen-bond acceptors (Lipinski definition) is 7. The maximum absolute atomic E-state index is 12.6. The van der Waals surface area contributed by atoms with Gasteiger partial charge in [-0.25, -0.2) is 4.98 Å². The summed E-state index contributed by atoms with van der Waals surface area (Å²) < 4.78 is 7.02. The Hall–Kier alpha value is -3.33. The summed E-state index contributed by atoms with van der Waals surface area (Å²) in [5.41, 5.74) is 2.94. The predicted molar refractivity (Wildman–Crippen MR) is 104 cm³/mol. The number of nitrogens with zero attached hydrogens (tertiary/aromatic N) is 5. The quantitative estimate of drug-likeness (QED) is 0.556. The molecule has 9 heteroatoms. The minimum atomic E-state index is -0.236. The smallest absolute Gasteiger partial charge is 0.257 e. The Balaban J connectivity index is 1.33. The molecule has 1 aliphatic carbocycles. The van der Waals surface area contributed by atoms with E-state index in [1.807, 2.05) is 24.7 Å². The van der Waals surface area contributed by atoms with E-state index in [0.717, 1.165) is 29.7 Å². The molecule has 0 unspecified atom stereocenters. The summed E-state index contributed by atoms with van der Waals surface area (Å²) in [5.74, 6) is 1.34. The third-order valence-electron chi connectivity index (χ3n) is 4.48. The van der Waals surface area contributed by atoms with Crippen LogP contribution in [0.5, 0.6) is 0 Å². The van der Waals surface area contributed by atoms with Crippen molar-refractivity contribution in [3.8, 4) is 22.6 Å². The molecule has 0 saturated heterocycles. The molecule has 0 radical (unpaired) electrons. The van der Waals surface area contributed by atoms with Gasteiger partial charge in [0.05, 0.1) is 11.9 Å². The zero-order chi connectivity index (χ0) is 19.1. The van der Waals surface area contributed by atoms with Crippen molar-refractivity contribution in [1.29, 1.82) is 0 Å². The molecule has 0 bridgehead atoms. The van der Waals surface area contributed by atoms with Gasteiger partial charge in [0.2, 0.25) is 11.7 Å². The molecule has 0 atom stereocenters. The predicted octanol–water partition coefficient (Wildman–Crippen LogP) is 3.72. The van der Waals surface area contributed by atoms with Crippen molar-refractivity contribution in [3.63, 3.8) is 0 Å². The third kappa shape index (κ3) is 3.31. The highest BCUT2D eigenvalue weighted by Gasteiger charge is 2.29. The van der Waals surface area contributed by atoms with Crippen LogP contribution in [-0.4, -0.2) is 30.8 Å². The number of carbonyl (C=O) groups excluding carboxylic acids is 1. The Morgan fingerprint density at radius 1 is 1.29 bits per heavy atom. The van der Waals surface area contributed by atoms with Gasteiger partial charge in [-0.05, 0) is 25.0 Å². The first-order valence-electron chi connectivity index (χ1n) is 8.85. The van der Waals surface area contributed by atoms with Gasteiger partial charge in [-0.1, -0.05) is 17.3 Å². The van der Waals surface area contributed by atoms with Crippen LogP contribution in [0.15, 0.2) is 46.6 Å². The summed E-state index contributed by atoms with van der Waals surface area (Å²) in [7, 11) is 1.85.